The number of benzene rings is 2. The molecule has 0 saturated carbocycles. The maximum atomic E-state index is 5.49. The van der Waals surface area contributed by atoms with Gasteiger partial charge >= 0.3 is 0 Å². The van der Waals surface area contributed by atoms with E-state index in [1.165, 1.54) is 0 Å². The molecule has 0 aromatic heterocycles. The van der Waals surface area contributed by atoms with Gasteiger partial charge in [-0.15, -0.1) is 0 Å². The second kappa shape index (κ2) is 7.43. The predicted octanol–water partition coefficient (Wildman–Crippen LogP) is 3.71. The molecule has 2 aromatic rings. The molecule has 0 heterocycles. The Kier molecular flexibility index (Phi) is 5.32. The van der Waals surface area contributed by atoms with Crippen LogP contribution >= 0.6 is 0 Å². The number of methoxy groups -OCH3 is 2. The van der Waals surface area contributed by atoms with Gasteiger partial charge in [0.15, 0.2) is 11.5 Å². The first-order chi connectivity index (χ1) is 10.3. The van der Waals surface area contributed by atoms with E-state index in [9.17, 15) is 0 Å². The van der Waals surface area contributed by atoms with Gasteiger partial charge in [0, 0.05) is 18.3 Å². The number of hydrogen-bond donors (Lipinski definition) is 1. The van der Waals surface area contributed by atoms with Gasteiger partial charge in [0.25, 0.3) is 0 Å². The maximum absolute atomic E-state index is 5.49. The van der Waals surface area contributed by atoms with Crippen LogP contribution in [0.2, 0.25) is 0 Å². The van der Waals surface area contributed by atoms with Crippen LogP contribution in [0.5, 0.6) is 17.2 Å². The average molecular weight is 287 g/mol. The van der Waals surface area contributed by atoms with Crippen LogP contribution in [0.25, 0.3) is 0 Å². The molecule has 4 nitrogen and oxygen atoms in total. The summed E-state index contributed by atoms with van der Waals surface area (Å²) in [5.74, 6) is 2.34. The Labute approximate surface area is 125 Å². The molecule has 0 spiro atoms. The first-order valence-electron chi connectivity index (χ1n) is 6.94. The number of anilines is 1. The molecule has 0 radical (unpaired) electrons. The minimum absolute atomic E-state index is 0.666. The van der Waals surface area contributed by atoms with E-state index in [0.29, 0.717) is 13.2 Å². The Balaban J connectivity index is 2.04. The predicted molar refractivity (Wildman–Crippen MR) is 84.5 cm³/mol. The summed E-state index contributed by atoms with van der Waals surface area (Å²) in [6.07, 6.45) is 0. The van der Waals surface area contributed by atoms with Gasteiger partial charge < -0.3 is 19.5 Å². The Morgan fingerprint density at radius 3 is 2.48 bits per heavy atom. The number of hydrogen-bond acceptors (Lipinski definition) is 4. The highest BCUT2D eigenvalue weighted by Gasteiger charge is 2.04. The highest BCUT2D eigenvalue weighted by molar-refractivity contribution is 5.49. The monoisotopic (exact) mass is 287 g/mol. The van der Waals surface area contributed by atoms with Crippen molar-refractivity contribution in [1.29, 1.82) is 0 Å². The minimum Gasteiger partial charge on any atom is -0.494 e. The molecule has 0 atom stereocenters. The Morgan fingerprint density at radius 2 is 1.76 bits per heavy atom. The van der Waals surface area contributed by atoms with Crippen molar-refractivity contribution >= 4 is 5.69 Å². The lowest BCUT2D eigenvalue weighted by Gasteiger charge is -2.11. The van der Waals surface area contributed by atoms with E-state index in [2.05, 4.69) is 5.32 Å². The van der Waals surface area contributed by atoms with Crippen LogP contribution in [0.4, 0.5) is 5.69 Å². The fourth-order valence-corrected chi connectivity index (χ4v) is 2.06. The number of ether oxygens (including phenoxy) is 3. The molecule has 0 aliphatic rings. The molecule has 0 aliphatic carbocycles. The fraction of sp³-hybridized carbons (Fsp3) is 0.294. The van der Waals surface area contributed by atoms with Crippen molar-refractivity contribution in [3.8, 4) is 17.2 Å². The summed E-state index contributed by atoms with van der Waals surface area (Å²) in [6.45, 7) is 3.35. The van der Waals surface area contributed by atoms with Gasteiger partial charge in [-0.3, -0.25) is 0 Å². The summed E-state index contributed by atoms with van der Waals surface area (Å²) >= 11 is 0. The molecule has 112 valence electrons. The molecule has 0 bridgehead atoms. The summed E-state index contributed by atoms with van der Waals surface area (Å²) in [6, 6.07) is 13.8. The molecule has 2 aromatic carbocycles. The van der Waals surface area contributed by atoms with E-state index < -0.39 is 0 Å². The molecule has 0 saturated heterocycles. The van der Waals surface area contributed by atoms with Crippen LogP contribution in [0.3, 0.4) is 0 Å². The zero-order valence-electron chi connectivity index (χ0n) is 12.7. The van der Waals surface area contributed by atoms with E-state index in [1.807, 2.05) is 49.4 Å². The minimum atomic E-state index is 0.666. The zero-order chi connectivity index (χ0) is 15.1. The molecule has 0 amide bonds. The molecular formula is C17H21NO3. The third kappa shape index (κ3) is 4.05. The van der Waals surface area contributed by atoms with Crippen LogP contribution in [-0.2, 0) is 6.54 Å². The molecule has 21 heavy (non-hydrogen) atoms. The van der Waals surface area contributed by atoms with Crippen LogP contribution in [-0.4, -0.2) is 20.8 Å². The van der Waals surface area contributed by atoms with Crippen LogP contribution < -0.4 is 19.5 Å². The SMILES string of the molecule is CCOc1cccc(NCc2ccc(OC)c(OC)c2)c1. The second-order valence-corrected chi connectivity index (χ2v) is 4.50. The Morgan fingerprint density at radius 1 is 0.952 bits per heavy atom. The van der Waals surface area contributed by atoms with Crippen molar-refractivity contribution in [3.63, 3.8) is 0 Å². The van der Waals surface area contributed by atoms with E-state index in [-0.39, 0.29) is 0 Å². The smallest absolute Gasteiger partial charge is 0.161 e. The van der Waals surface area contributed by atoms with Crippen molar-refractivity contribution in [1.82, 2.24) is 0 Å². The van der Waals surface area contributed by atoms with Gasteiger partial charge in [0.05, 0.1) is 20.8 Å². The van der Waals surface area contributed by atoms with Gasteiger partial charge in [-0.2, -0.15) is 0 Å². The van der Waals surface area contributed by atoms with Crippen molar-refractivity contribution in [2.45, 2.75) is 13.5 Å². The quantitative estimate of drug-likeness (QED) is 0.842. The molecule has 1 N–H and O–H groups in total. The van der Waals surface area contributed by atoms with Gasteiger partial charge in [-0.1, -0.05) is 12.1 Å². The lowest BCUT2D eigenvalue weighted by atomic mass is 10.2. The highest BCUT2D eigenvalue weighted by atomic mass is 16.5. The summed E-state index contributed by atoms with van der Waals surface area (Å²) in [5, 5.41) is 3.37. The summed E-state index contributed by atoms with van der Waals surface area (Å²) in [7, 11) is 3.27. The van der Waals surface area contributed by atoms with Crippen molar-refractivity contribution < 1.29 is 14.2 Å². The van der Waals surface area contributed by atoms with Gasteiger partial charge in [0.2, 0.25) is 0 Å². The molecule has 0 unspecified atom stereocenters. The van der Waals surface area contributed by atoms with E-state index in [0.717, 1.165) is 28.5 Å². The molecule has 0 fully saturated rings. The first-order valence-corrected chi connectivity index (χ1v) is 6.94. The van der Waals surface area contributed by atoms with Crippen molar-refractivity contribution in [3.05, 3.63) is 48.0 Å². The summed E-state index contributed by atoms with van der Waals surface area (Å²) in [4.78, 5) is 0. The molecule has 0 aliphatic heterocycles. The molecule has 4 heteroatoms. The standard InChI is InChI=1S/C17H21NO3/c1-4-21-15-7-5-6-14(11-15)18-12-13-8-9-16(19-2)17(10-13)20-3/h5-11,18H,4,12H2,1-3H3. The van der Waals surface area contributed by atoms with E-state index in [4.69, 9.17) is 14.2 Å². The second-order valence-electron chi connectivity index (χ2n) is 4.50. The lowest BCUT2D eigenvalue weighted by molar-refractivity contribution is 0.340. The van der Waals surface area contributed by atoms with Crippen molar-refractivity contribution in [2.75, 3.05) is 26.1 Å². The fourth-order valence-electron chi connectivity index (χ4n) is 2.06. The summed E-state index contributed by atoms with van der Waals surface area (Å²) in [5.41, 5.74) is 2.14. The molecule has 2 rings (SSSR count). The lowest BCUT2D eigenvalue weighted by Crippen LogP contribution is -2.01. The van der Waals surface area contributed by atoms with E-state index >= 15 is 0 Å². The zero-order valence-corrected chi connectivity index (χ0v) is 12.7. The first kappa shape index (κ1) is 15.0. The van der Waals surface area contributed by atoms with Gasteiger partial charge in [-0.25, -0.2) is 0 Å². The summed E-state index contributed by atoms with van der Waals surface area (Å²) < 4.78 is 16.0. The van der Waals surface area contributed by atoms with Crippen LogP contribution in [0.1, 0.15) is 12.5 Å². The average Bonchev–Trinajstić information content (AvgIpc) is 2.53. The number of rotatable bonds is 7. The third-order valence-corrected chi connectivity index (χ3v) is 3.09. The van der Waals surface area contributed by atoms with Gasteiger partial charge in [0.1, 0.15) is 5.75 Å². The normalized spacial score (nSPS) is 10.0. The topological polar surface area (TPSA) is 39.7 Å². The largest absolute Gasteiger partial charge is 0.494 e. The maximum Gasteiger partial charge on any atom is 0.161 e. The Hall–Kier alpha value is -2.36. The van der Waals surface area contributed by atoms with E-state index in [1.54, 1.807) is 14.2 Å². The highest BCUT2D eigenvalue weighted by Crippen LogP contribution is 2.28. The van der Waals surface area contributed by atoms with Crippen molar-refractivity contribution in [2.24, 2.45) is 0 Å². The van der Waals surface area contributed by atoms with Crippen LogP contribution in [0.15, 0.2) is 42.5 Å². The number of nitrogens with one attached hydrogen (secondary N) is 1. The third-order valence-electron chi connectivity index (χ3n) is 3.09. The molecular weight excluding hydrogens is 266 g/mol. The van der Waals surface area contributed by atoms with Crippen LogP contribution in [0, 0.1) is 0 Å². The Bertz CT molecular complexity index is 584. The van der Waals surface area contributed by atoms with Gasteiger partial charge in [-0.05, 0) is 36.8 Å².